The first-order valence-corrected chi connectivity index (χ1v) is 8.39. The molecule has 0 radical (unpaired) electrons. The van der Waals surface area contributed by atoms with Gasteiger partial charge in [0.25, 0.3) is 0 Å². The molecule has 1 fully saturated rings. The van der Waals surface area contributed by atoms with Crippen molar-refractivity contribution in [3.63, 3.8) is 0 Å². The molecule has 3 heterocycles. The number of aromatic nitrogens is 6. The second kappa shape index (κ2) is 5.77. The lowest BCUT2D eigenvalue weighted by Gasteiger charge is -2.14. The van der Waals surface area contributed by atoms with Gasteiger partial charge >= 0.3 is 0 Å². The predicted octanol–water partition coefficient (Wildman–Crippen LogP) is 3.08. The van der Waals surface area contributed by atoms with Gasteiger partial charge in [0, 0.05) is 18.3 Å². The fourth-order valence-electron chi connectivity index (χ4n) is 2.74. The van der Waals surface area contributed by atoms with E-state index in [9.17, 15) is 0 Å². The third kappa shape index (κ3) is 2.91. The van der Waals surface area contributed by atoms with Crippen LogP contribution in [0.4, 0.5) is 17.5 Å². The Kier molecular flexibility index (Phi) is 3.59. The highest BCUT2D eigenvalue weighted by molar-refractivity contribution is 5.84. The molecule has 3 N–H and O–H groups in total. The van der Waals surface area contributed by atoms with Crippen LogP contribution in [0.2, 0.25) is 0 Å². The summed E-state index contributed by atoms with van der Waals surface area (Å²) >= 11 is 0. The zero-order valence-electron chi connectivity index (χ0n) is 14.1. The lowest BCUT2D eigenvalue weighted by molar-refractivity contribution is 0.532. The lowest BCUT2D eigenvalue weighted by atomic mass is 10.2. The van der Waals surface area contributed by atoms with Crippen molar-refractivity contribution in [2.45, 2.75) is 45.7 Å². The van der Waals surface area contributed by atoms with Crippen molar-refractivity contribution in [1.82, 2.24) is 29.7 Å². The number of hydrogen-bond donors (Lipinski definition) is 3. The molecule has 0 spiro atoms. The molecule has 1 atom stereocenters. The monoisotopic (exact) mass is 326 g/mol. The Bertz CT molecular complexity index is 845. The Labute approximate surface area is 140 Å². The Balaban J connectivity index is 1.62. The van der Waals surface area contributed by atoms with Crippen molar-refractivity contribution < 1.29 is 0 Å². The van der Waals surface area contributed by atoms with Gasteiger partial charge in [0.15, 0.2) is 11.5 Å². The van der Waals surface area contributed by atoms with E-state index in [4.69, 9.17) is 0 Å². The molecule has 1 saturated carbocycles. The maximum Gasteiger partial charge on any atom is 0.231 e. The molecule has 3 aromatic rings. The molecule has 126 valence electrons. The molecule has 0 aromatic carbocycles. The van der Waals surface area contributed by atoms with Crippen molar-refractivity contribution in [1.29, 1.82) is 0 Å². The highest BCUT2D eigenvalue weighted by Gasteiger charge is 2.28. The van der Waals surface area contributed by atoms with Gasteiger partial charge in [0.2, 0.25) is 5.95 Å². The average Bonchev–Trinajstić information content (AvgIpc) is 3.10. The molecule has 24 heavy (non-hydrogen) atoms. The first kappa shape index (κ1) is 14.9. The average molecular weight is 326 g/mol. The maximum absolute atomic E-state index is 4.63. The number of H-pyrrole nitrogens is 1. The first-order valence-electron chi connectivity index (χ1n) is 8.39. The lowest BCUT2D eigenvalue weighted by Crippen LogP contribution is -2.19. The van der Waals surface area contributed by atoms with Gasteiger partial charge in [0.05, 0.1) is 18.2 Å². The number of fused-ring (bicyclic) bond motifs is 1. The molecule has 1 aliphatic carbocycles. The molecule has 8 heteroatoms. The fraction of sp³-hybridized carbons (Fsp3) is 0.500. The standard InChI is InChI=1S/C16H22N8/c1-9(2)24-7-12(6-19-24)21-16-22-14-13(17-8-18-14)15(23-16)20-10(3)11-4-5-11/h6-11H,4-5H2,1-3H3,(H3,17,18,20,21,22,23)/t10-/m0/s1. The van der Waals surface area contributed by atoms with Crippen molar-refractivity contribution >= 4 is 28.6 Å². The summed E-state index contributed by atoms with van der Waals surface area (Å²) in [6, 6.07) is 0.704. The minimum atomic E-state index is 0.312. The normalized spacial score (nSPS) is 15.8. The van der Waals surface area contributed by atoms with Crippen LogP contribution in [-0.2, 0) is 0 Å². The molecule has 3 aromatic heterocycles. The second-order valence-electron chi connectivity index (χ2n) is 6.70. The van der Waals surface area contributed by atoms with E-state index in [1.807, 2.05) is 10.9 Å². The minimum absolute atomic E-state index is 0.312. The number of nitrogens with zero attached hydrogens (tertiary/aromatic N) is 5. The summed E-state index contributed by atoms with van der Waals surface area (Å²) < 4.78 is 1.89. The quantitative estimate of drug-likeness (QED) is 0.644. The summed E-state index contributed by atoms with van der Waals surface area (Å²) in [5, 5.41) is 11.0. The molecule has 0 saturated heterocycles. The number of nitrogens with one attached hydrogen (secondary N) is 3. The Morgan fingerprint density at radius 1 is 1.25 bits per heavy atom. The summed E-state index contributed by atoms with van der Waals surface area (Å²) in [6.07, 6.45) is 7.93. The van der Waals surface area contributed by atoms with Crippen LogP contribution in [0.15, 0.2) is 18.7 Å². The Hall–Kier alpha value is -2.64. The van der Waals surface area contributed by atoms with Crippen LogP contribution in [0.3, 0.4) is 0 Å². The van der Waals surface area contributed by atoms with E-state index in [1.54, 1.807) is 12.5 Å². The van der Waals surface area contributed by atoms with E-state index in [2.05, 4.69) is 56.4 Å². The number of anilines is 3. The molecule has 0 amide bonds. The molecule has 1 aliphatic rings. The Morgan fingerprint density at radius 3 is 2.79 bits per heavy atom. The van der Waals surface area contributed by atoms with E-state index in [-0.39, 0.29) is 0 Å². The molecule has 0 unspecified atom stereocenters. The summed E-state index contributed by atoms with van der Waals surface area (Å²) in [5.41, 5.74) is 2.35. The van der Waals surface area contributed by atoms with E-state index < -0.39 is 0 Å². The zero-order chi connectivity index (χ0) is 16.7. The Morgan fingerprint density at radius 2 is 2.08 bits per heavy atom. The van der Waals surface area contributed by atoms with Crippen LogP contribution in [-0.4, -0.2) is 35.8 Å². The third-order valence-electron chi connectivity index (χ3n) is 4.37. The van der Waals surface area contributed by atoms with Crippen LogP contribution in [0, 0.1) is 5.92 Å². The van der Waals surface area contributed by atoms with Gasteiger partial charge < -0.3 is 15.6 Å². The van der Waals surface area contributed by atoms with Gasteiger partial charge in [-0.05, 0) is 39.5 Å². The van der Waals surface area contributed by atoms with Gasteiger partial charge in [-0.2, -0.15) is 15.1 Å². The summed E-state index contributed by atoms with van der Waals surface area (Å²) in [5.74, 6) is 2.04. The van der Waals surface area contributed by atoms with Crippen LogP contribution >= 0.6 is 0 Å². The van der Waals surface area contributed by atoms with Gasteiger partial charge in [-0.3, -0.25) is 4.68 Å². The first-order chi connectivity index (χ1) is 11.6. The number of imidazole rings is 1. The summed E-state index contributed by atoms with van der Waals surface area (Å²) in [4.78, 5) is 16.5. The van der Waals surface area contributed by atoms with Crippen LogP contribution in [0.1, 0.15) is 39.7 Å². The van der Waals surface area contributed by atoms with Crippen molar-refractivity contribution in [2.75, 3.05) is 10.6 Å². The highest BCUT2D eigenvalue weighted by atomic mass is 15.3. The van der Waals surface area contributed by atoms with Crippen LogP contribution in [0.25, 0.3) is 11.2 Å². The van der Waals surface area contributed by atoms with E-state index in [0.29, 0.717) is 23.7 Å². The maximum atomic E-state index is 4.63. The highest BCUT2D eigenvalue weighted by Crippen LogP contribution is 2.34. The van der Waals surface area contributed by atoms with Crippen LogP contribution < -0.4 is 10.6 Å². The smallest absolute Gasteiger partial charge is 0.231 e. The van der Waals surface area contributed by atoms with Gasteiger partial charge in [-0.25, -0.2) is 4.98 Å². The van der Waals surface area contributed by atoms with E-state index in [1.165, 1.54) is 12.8 Å². The van der Waals surface area contributed by atoms with Crippen molar-refractivity contribution in [3.8, 4) is 0 Å². The largest absolute Gasteiger partial charge is 0.365 e. The molecular weight excluding hydrogens is 304 g/mol. The zero-order valence-corrected chi connectivity index (χ0v) is 14.1. The fourth-order valence-corrected chi connectivity index (χ4v) is 2.74. The summed E-state index contributed by atoms with van der Waals surface area (Å²) in [7, 11) is 0. The molecule has 8 nitrogen and oxygen atoms in total. The second-order valence-corrected chi connectivity index (χ2v) is 6.70. The van der Waals surface area contributed by atoms with E-state index in [0.717, 1.165) is 22.9 Å². The van der Waals surface area contributed by atoms with Crippen LogP contribution in [0.5, 0.6) is 0 Å². The molecular formula is C16H22N8. The van der Waals surface area contributed by atoms with Gasteiger partial charge in [-0.15, -0.1) is 0 Å². The third-order valence-corrected chi connectivity index (χ3v) is 4.37. The molecule has 0 bridgehead atoms. The SMILES string of the molecule is CC(C)n1cc(Nc2nc(N[C@@H](C)C3CC3)c3[nH]cnc3n2)cn1. The number of aromatic amines is 1. The number of rotatable bonds is 6. The van der Waals surface area contributed by atoms with Crippen molar-refractivity contribution in [3.05, 3.63) is 18.7 Å². The molecule has 0 aliphatic heterocycles. The van der Waals surface area contributed by atoms with E-state index >= 15 is 0 Å². The predicted molar refractivity (Wildman–Crippen MR) is 93.4 cm³/mol. The molecule has 4 rings (SSSR count). The topological polar surface area (TPSA) is 96.3 Å². The summed E-state index contributed by atoms with van der Waals surface area (Å²) in [6.45, 7) is 6.37. The van der Waals surface area contributed by atoms with Gasteiger partial charge in [0.1, 0.15) is 5.52 Å². The van der Waals surface area contributed by atoms with Crippen molar-refractivity contribution in [2.24, 2.45) is 5.92 Å². The minimum Gasteiger partial charge on any atom is -0.365 e. The van der Waals surface area contributed by atoms with Gasteiger partial charge in [-0.1, -0.05) is 0 Å². The number of hydrogen-bond acceptors (Lipinski definition) is 6.